The van der Waals surface area contributed by atoms with E-state index in [0.29, 0.717) is 0 Å². The van der Waals surface area contributed by atoms with Crippen molar-refractivity contribution in [1.29, 1.82) is 0 Å². The first-order valence-electron chi connectivity index (χ1n) is 6.00. The third-order valence-electron chi connectivity index (χ3n) is 3.10. The lowest BCUT2D eigenvalue weighted by molar-refractivity contribution is -0.141. The average Bonchev–Trinajstić information content (AvgIpc) is 2.74. The van der Waals surface area contributed by atoms with Crippen molar-refractivity contribution in [2.24, 2.45) is 0 Å². The van der Waals surface area contributed by atoms with Gasteiger partial charge in [-0.2, -0.15) is 18.3 Å². The number of nitrogens with zero attached hydrogens (tertiary/aromatic N) is 3. The van der Waals surface area contributed by atoms with Crippen LogP contribution in [0.5, 0.6) is 0 Å². The molecule has 0 unspecified atom stereocenters. The zero-order valence-electron chi connectivity index (χ0n) is 10.5. The van der Waals surface area contributed by atoms with Crippen LogP contribution in [0.25, 0.3) is 5.65 Å². The van der Waals surface area contributed by atoms with E-state index in [0.717, 1.165) is 24.6 Å². The second-order valence-electron chi connectivity index (χ2n) is 4.31. The summed E-state index contributed by atoms with van der Waals surface area (Å²) in [6.07, 6.45) is -2.78. The summed E-state index contributed by atoms with van der Waals surface area (Å²) in [7, 11) is 0. The molecular weight excluding hydrogens is 279 g/mol. The number of hydrogen-bond donors (Lipinski definition) is 0. The summed E-state index contributed by atoms with van der Waals surface area (Å²) < 4.78 is 39.2. The molecule has 0 aliphatic carbocycles. The van der Waals surface area contributed by atoms with Gasteiger partial charge in [0.25, 0.3) is 0 Å². The second-order valence-corrected chi connectivity index (χ2v) is 4.70. The van der Waals surface area contributed by atoms with Gasteiger partial charge in [0.2, 0.25) is 0 Å². The minimum atomic E-state index is -4.51. The highest BCUT2D eigenvalue weighted by Gasteiger charge is 2.33. The molecule has 0 aromatic carbocycles. The van der Waals surface area contributed by atoms with Gasteiger partial charge in [-0.25, -0.2) is 9.50 Å². The van der Waals surface area contributed by atoms with Gasteiger partial charge < -0.3 is 0 Å². The fourth-order valence-corrected chi connectivity index (χ4v) is 2.23. The Labute approximate surface area is 113 Å². The first kappa shape index (κ1) is 14.1. The predicted molar refractivity (Wildman–Crippen MR) is 66.3 cm³/mol. The zero-order chi connectivity index (χ0) is 14.2. The number of aromatic nitrogens is 3. The Morgan fingerprint density at radius 1 is 1.26 bits per heavy atom. The summed E-state index contributed by atoms with van der Waals surface area (Å²) in [6, 6.07) is 2.36. The van der Waals surface area contributed by atoms with E-state index in [9.17, 15) is 13.2 Å². The monoisotopic (exact) mass is 291 g/mol. The van der Waals surface area contributed by atoms with Gasteiger partial charge in [0.1, 0.15) is 10.8 Å². The van der Waals surface area contributed by atoms with Crippen molar-refractivity contribution in [2.75, 3.05) is 0 Å². The molecule has 0 radical (unpaired) electrons. The van der Waals surface area contributed by atoms with Crippen LogP contribution in [-0.4, -0.2) is 14.6 Å². The van der Waals surface area contributed by atoms with E-state index in [2.05, 4.69) is 10.1 Å². The Hall–Kier alpha value is -1.30. The van der Waals surface area contributed by atoms with Gasteiger partial charge in [0.05, 0.1) is 5.69 Å². The summed E-state index contributed by atoms with van der Waals surface area (Å²) in [5.74, 6) is 0.201. The van der Waals surface area contributed by atoms with Crippen LogP contribution in [0, 0.1) is 0 Å². The number of hydrogen-bond acceptors (Lipinski definition) is 2. The van der Waals surface area contributed by atoms with Gasteiger partial charge in [-0.3, -0.25) is 0 Å². The number of halogens is 4. The molecule has 0 fully saturated rings. The molecule has 3 nitrogen and oxygen atoms in total. The van der Waals surface area contributed by atoms with Crippen molar-refractivity contribution >= 4 is 17.2 Å². The Morgan fingerprint density at radius 2 is 1.89 bits per heavy atom. The molecule has 0 bridgehead atoms. The number of rotatable bonds is 3. The highest BCUT2D eigenvalue weighted by molar-refractivity contribution is 6.29. The van der Waals surface area contributed by atoms with Crippen molar-refractivity contribution in [3.8, 4) is 0 Å². The maximum atomic E-state index is 12.6. The van der Waals surface area contributed by atoms with Crippen molar-refractivity contribution in [1.82, 2.24) is 14.6 Å². The van der Waals surface area contributed by atoms with Crippen LogP contribution in [-0.2, 0) is 6.18 Å². The molecule has 7 heteroatoms. The largest absolute Gasteiger partial charge is 0.433 e. The van der Waals surface area contributed by atoms with Crippen LogP contribution in [0.2, 0.25) is 5.15 Å². The molecular formula is C12H13ClF3N3. The summed E-state index contributed by atoms with van der Waals surface area (Å²) in [5, 5.41) is 4.14. The lowest BCUT2D eigenvalue weighted by Crippen LogP contribution is -2.09. The Balaban J connectivity index is 2.57. The summed E-state index contributed by atoms with van der Waals surface area (Å²) in [4.78, 5) is 3.57. The molecule has 0 aliphatic rings. The standard InChI is InChI=1S/C12H13ClF3N3/c1-3-7(4-2)8-5-11-17-9(12(14,15)16)6-10(13)19(11)18-8/h5-7H,3-4H2,1-2H3. The summed E-state index contributed by atoms with van der Waals surface area (Å²) in [6.45, 7) is 4.02. The molecule has 0 saturated heterocycles. The Bertz CT molecular complexity index is 588. The van der Waals surface area contributed by atoms with Crippen LogP contribution in [0.3, 0.4) is 0 Å². The Kier molecular flexibility index (Phi) is 3.71. The van der Waals surface area contributed by atoms with E-state index in [1.165, 1.54) is 4.52 Å². The van der Waals surface area contributed by atoms with Gasteiger partial charge in [-0.15, -0.1) is 0 Å². The molecule has 2 aromatic heterocycles. The van der Waals surface area contributed by atoms with Gasteiger partial charge in [0.15, 0.2) is 5.65 Å². The minimum Gasteiger partial charge on any atom is -0.224 e. The van der Waals surface area contributed by atoms with E-state index in [1.54, 1.807) is 6.07 Å². The normalized spacial score (nSPS) is 12.6. The van der Waals surface area contributed by atoms with E-state index >= 15 is 0 Å². The number of alkyl halides is 3. The van der Waals surface area contributed by atoms with Gasteiger partial charge in [0, 0.05) is 18.1 Å². The highest BCUT2D eigenvalue weighted by Crippen LogP contribution is 2.31. The third kappa shape index (κ3) is 2.68. The quantitative estimate of drug-likeness (QED) is 0.789. The van der Waals surface area contributed by atoms with Gasteiger partial charge >= 0.3 is 6.18 Å². The molecule has 2 rings (SSSR count). The third-order valence-corrected chi connectivity index (χ3v) is 3.37. The first-order valence-corrected chi connectivity index (χ1v) is 6.38. The maximum absolute atomic E-state index is 12.6. The molecule has 19 heavy (non-hydrogen) atoms. The van der Waals surface area contributed by atoms with Crippen molar-refractivity contribution in [3.05, 3.63) is 28.7 Å². The van der Waals surface area contributed by atoms with Crippen LogP contribution in [0.4, 0.5) is 13.2 Å². The van der Waals surface area contributed by atoms with Crippen LogP contribution in [0.15, 0.2) is 12.1 Å². The van der Waals surface area contributed by atoms with Crippen molar-refractivity contribution in [3.63, 3.8) is 0 Å². The van der Waals surface area contributed by atoms with Crippen LogP contribution < -0.4 is 0 Å². The fourth-order valence-electron chi connectivity index (χ4n) is 2.01. The van der Waals surface area contributed by atoms with Gasteiger partial charge in [-0.1, -0.05) is 25.4 Å². The maximum Gasteiger partial charge on any atom is 0.433 e. The van der Waals surface area contributed by atoms with Crippen molar-refractivity contribution in [2.45, 2.75) is 38.8 Å². The predicted octanol–water partition coefficient (Wildman–Crippen LogP) is 4.31. The van der Waals surface area contributed by atoms with E-state index in [-0.39, 0.29) is 16.7 Å². The van der Waals surface area contributed by atoms with Crippen LogP contribution >= 0.6 is 11.6 Å². The molecule has 2 heterocycles. The van der Waals surface area contributed by atoms with E-state index in [4.69, 9.17) is 11.6 Å². The smallest absolute Gasteiger partial charge is 0.224 e. The minimum absolute atomic E-state index is 0.0884. The first-order chi connectivity index (χ1) is 8.86. The molecule has 0 atom stereocenters. The van der Waals surface area contributed by atoms with E-state index in [1.807, 2.05) is 13.8 Å². The highest BCUT2D eigenvalue weighted by atomic mass is 35.5. The SMILES string of the molecule is CCC(CC)c1cc2nc(C(F)(F)F)cc(Cl)n2n1. The summed E-state index contributed by atoms with van der Waals surface area (Å²) >= 11 is 5.83. The lowest BCUT2D eigenvalue weighted by atomic mass is 10.00. The lowest BCUT2D eigenvalue weighted by Gasteiger charge is -2.07. The fraction of sp³-hybridized carbons (Fsp3) is 0.500. The molecule has 0 amide bonds. The molecule has 0 N–H and O–H groups in total. The summed E-state index contributed by atoms with van der Waals surface area (Å²) in [5.41, 5.74) is -0.151. The Morgan fingerprint density at radius 3 is 2.42 bits per heavy atom. The molecule has 0 saturated carbocycles. The topological polar surface area (TPSA) is 30.2 Å². The molecule has 104 valence electrons. The molecule has 0 aliphatic heterocycles. The van der Waals surface area contributed by atoms with Crippen molar-refractivity contribution < 1.29 is 13.2 Å². The zero-order valence-corrected chi connectivity index (χ0v) is 11.3. The van der Waals surface area contributed by atoms with Gasteiger partial charge in [-0.05, 0) is 12.8 Å². The van der Waals surface area contributed by atoms with E-state index < -0.39 is 11.9 Å². The molecule has 0 spiro atoms. The molecule has 2 aromatic rings. The van der Waals surface area contributed by atoms with Crippen LogP contribution in [0.1, 0.15) is 44.0 Å². The number of fused-ring (bicyclic) bond motifs is 1. The average molecular weight is 292 g/mol. The second kappa shape index (κ2) is 5.00.